The van der Waals surface area contributed by atoms with Crippen molar-refractivity contribution in [2.24, 2.45) is 0 Å². The number of halogens is 3. The third-order valence-corrected chi connectivity index (χ3v) is 6.06. The van der Waals surface area contributed by atoms with Crippen molar-refractivity contribution in [1.29, 1.82) is 0 Å². The molecule has 38 heavy (non-hydrogen) atoms. The molecule has 2 fully saturated rings. The zero-order valence-corrected chi connectivity index (χ0v) is 22.0. The number of aromatic nitrogens is 3. The third-order valence-electron chi connectivity index (χ3n) is 5.79. The minimum absolute atomic E-state index is 0.0814. The smallest absolute Gasteiger partial charge is 0.296 e. The fourth-order valence-corrected chi connectivity index (χ4v) is 4.29. The zero-order valence-electron chi connectivity index (χ0n) is 21.3. The van der Waals surface area contributed by atoms with Crippen LogP contribution in [-0.4, -0.2) is 69.6 Å². The molecule has 206 valence electrons. The summed E-state index contributed by atoms with van der Waals surface area (Å²) in [4.78, 5) is 23.5. The van der Waals surface area contributed by atoms with Crippen LogP contribution in [0.25, 0.3) is 11.2 Å². The maximum absolute atomic E-state index is 14.6. The van der Waals surface area contributed by atoms with Gasteiger partial charge in [-0.15, -0.1) is 0 Å². The maximum atomic E-state index is 14.6. The number of H-pyrrole nitrogens is 1. The molecule has 4 heterocycles. The van der Waals surface area contributed by atoms with E-state index in [9.17, 15) is 18.7 Å². The summed E-state index contributed by atoms with van der Waals surface area (Å²) < 4.78 is 51.5. The summed E-state index contributed by atoms with van der Waals surface area (Å²) in [6, 6.07) is 3.33. The molecule has 0 aliphatic carbocycles. The molecule has 1 unspecified atom stereocenters. The summed E-state index contributed by atoms with van der Waals surface area (Å²) in [6.07, 6.45) is -2.05. The van der Waals surface area contributed by atoms with Gasteiger partial charge >= 0.3 is 0 Å². The quantitative estimate of drug-likeness (QED) is 0.405. The molecule has 2 aliphatic rings. The van der Waals surface area contributed by atoms with E-state index in [1.54, 1.807) is 13.8 Å². The molecule has 1 amide bonds. The van der Waals surface area contributed by atoms with Gasteiger partial charge in [-0.05, 0) is 32.0 Å². The normalized spacial score (nSPS) is 22.2. The molecule has 0 bridgehead atoms. The van der Waals surface area contributed by atoms with Gasteiger partial charge in [-0.25, -0.2) is 8.78 Å². The van der Waals surface area contributed by atoms with Crippen LogP contribution in [0.4, 0.5) is 8.78 Å². The molecule has 2 saturated heterocycles. The Balaban J connectivity index is 0.00000164. The number of aliphatic hydroxyl groups excluding tert-OH is 1. The van der Waals surface area contributed by atoms with Crippen LogP contribution in [0.1, 0.15) is 43.6 Å². The number of pyridine rings is 1. The van der Waals surface area contributed by atoms with Gasteiger partial charge < -0.3 is 34.4 Å². The maximum Gasteiger partial charge on any atom is 0.296 e. The van der Waals surface area contributed by atoms with E-state index in [1.165, 1.54) is 6.07 Å². The second kappa shape index (κ2) is 11.8. The Labute approximate surface area is 222 Å². The predicted molar refractivity (Wildman–Crippen MR) is 133 cm³/mol. The van der Waals surface area contributed by atoms with Crippen molar-refractivity contribution in [2.45, 2.75) is 64.8 Å². The van der Waals surface area contributed by atoms with Crippen LogP contribution >= 0.6 is 11.6 Å². The number of carbonyl (C=O) groups is 1. The Bertz CT molecular complexity index is 1280. The number of nitrogens with one attached hydrogen (secondary N) is 2. The fourth-order valence-electron chi connectivity index (χ4n) is 4.08. The Morgan fingerprint density at radius 3 is 2.55 bits per heavy atom. The molecule has 0 spiro atoms. The van der Waals surface area contributed by atoms with Crippen molar-refractivity contribution < 1.29 is 37.6 Å². The first-order chi connectivity index (χ1) is 18.2. The van der Waals surface area contributed by atoms with Crippen molar-refractivity contribution in [3.8, 4) is 11.9 Å². The first-order valence-electron chi connectivity index (χ1n) is 12.3. The van der Waals surface area contributed by atoms with Gasteiger partial charge in [0.2, 0.25) is 5.88 Å². The van der Waals surface area contributed by atoms with E-state index >= 15 is 0 Å². The fraction of sp³-hybridized carbons (Fsp3) is 0.480. The van der Waals surface area contributed by atoms with E-state index in [0.29, 0.717) is 5.52 Å². The summed E-state index contributed by atoms with van der Waals surface area (Å²) in [6.45, 7) is 7.35. The number of hydrogen-bond acceptors (Lipinski definition) is 8. The number of aromatic amines is 1. The summed E-state index contributed by atoms with van der Waals surface area (Å²) in [5.41, 5.74) is 0.132. The van der Waals surface area contributed by atoms with Crippen molar-refractivity contribution in [3.05, 3.63) is 46.0 Å². The Hall–Kier alpha value is -3.06. The lowest BCUT2D eigenvalue weighted by atomic mass is 10.1. The second-order valence-electron chi connectivity index (χ2n) is 8.84. The first kappa shape index (κ1) is 28.0. The third kappa shape index (κ3) is 5.83. The molecular formula is C25H29ClF2N4O6. The van der Waals surface area contributed by atoms with Gasteiger partial charge in [-0.2, -0.15) is 9.97 Å². The average Bonchev–Trinajstić information content (AvgIpc) is 3.56. The van der Waals surface area contributed by atoms with Gasteiger partial charge in [0.25, 0.3) is 11.9 Å². The van der Waals surface area contributed by atoms with Gasteiger partial charge in [0, 0.05) is 11.6 Å². The molecule has 3 N–H and O–H groups in total. The Morgan fingerprint density at radius 2 is 1.87 bits per heavy atom. The number of rotatable bonds is 7. The van der Waals surface area contributed by atoms with E-state index in [1.807, 2.05) is 13.8 Å². The predicted octanol–water partition coefficient (Wildman–Crippen LogP) is 3.54. The molecule has 13 heteroatoms. The molecule has 1 aromatic carbocycles. The number of nitrogens with zero attached hydrogens (tertiary/aromatic N) is 2. The number of hydrogen-bond donors (Lipinski definition) is 3. The molecule has 3 aromatic rings. The minimum atomic E-state index is -0.937. The van der Waals surface area contributed by atoms with Crippen LogP contribution in [0.3, 0.4) is 0 Å². The number of amides is 1. The van der Waals surface area contributed by atoms with Crippen molar-refractivity contribution in [1.82, 2.24) is 20.3 Å². The molecule has 0 radical (unpaired) electrons. The van der Waals surface area contributed by atoms with E-state index in [4.69, 9.17) is 30.5 Å². The topological polar surface area (TPSA) is 128 Å². The van der Waals surface area contributed by atoms with Gasteiger partial charge in [0.05, 0.1) is 24.3 Å². The zero-order chi connectivity index (χ0) is 27.6. The summed E-state index contributed by atoms with van der Waals surface area (Å²) in [7, 11) is 0. The molecule has 4 atom stereocenters. The number of imidazole rings is 1. The van der Waals surface area contributed by atoms with Gasteiger partial charge in [-0.3, -0.25) is 4.79 Å². The van der Waals surface area contributed by atoms with Crippen LogP contribution in [0.5, 0.6) is 11.9 Å². The summed E-state index contributed by atoms with van der Waals surface area (Å²) >= 11 is 6.25. The highest BCUT2D eigenvalue weighted by molar-refractivity contribution is 6.32. The van der Waals surface area contributed by atoms with Crippen LogP contribution in [0.15, 0.2) is 18.2 Å². The molecule has 2 aromatic heterocycles. The molecule has 2 aliphatic heterocycles. The summed E-state index contributed by atoms with van der Waals surface area (Å²) in [5, 5.41) is 12.5. The van der Waals surface area contributed by atoms with Crippen molar-refractivity contribution >= 4 is 28.7 Å². The standard InChI is InChI=1S/C23H23ClF2N4O6.C2H6/c1-9(2)27-21(32)10-3-13(25)11(14(26)4-10)6-35-22-12(24)5-15-20(29-22)30-23(28-15)36-17-8-34-18-16(31)7-33-19(17)18;1-2/h3-5,9,16-19,31H,6-8H2,1-2H3,(H,27,32)(H,28,29,30);1-2H3/t16-,17-,18?,19-;/m1./s1. The number of fused-ring (bicyclic) bond motifs is 2. The number of aliphatic hydroxyl groups is 1. The largest absolute Gasteiger partial charge is 0.471 e. The van der Waals surface area contributed by atoms with Crippen molar-refractivity contribution in [3.63, 3.8) is 0 Å². The summed E-state index contributed by atoms with van der Waals surface area (Å²) in [5.74, 6) is -2.55. The van der Waals surface area contributed by atoms with Gasteiger partial charge in [0.15, 0.2) is 11.8 Å². The monoisotopic (exact) mass is 554 g/mol. The Morgan fingerprint density at radius 1 is 1.18 bits per heavy atom. The second-order valence-corrected chi connectivity index (χ2v) is 9.25. The molecule has 10 nitrogen and oxygen atoms in total. The molecular weight excluding hydrogens is 526 g/mol. The lowest BCUT2D eigenvalue weighted by Gasteiger charge is -2.15. The number of carbonyl (C=O) groups excluding carboxylic acids is 1. The molecule has 0 saturated carbocycles. The van der Waals surface area contributed by atoms with Gasteiger partial charge in [0.1, 0.15) is 41.6 Å². The minimum Gasteiger partial charge on any atom is -0.471 e. The van der Waals surface area contributed by atoms with Crippen LogP contribution in [0, 0.1) is 11.6 Å². The van der Waals surface area contributed by atoms with E-state index in [2.05, 4.69) is 20.3 Å². The highest BCUT2D eigenvalue weighted by Crippen LogP contribution is 2.31. The van der Waals surface area contributed by atoms with Gasteiger partial charge in [-0.1, -0.05) is 25.4 Å². The first-order valence-corrected chi connectivity index (χ1v) is 12.6. The van der Waals surface area contributed by atoms with Crippen LogP contribution in [-0.2, 0) is 16.1 Å². The van der Waals surface area contributed by atoms with E-state index < -0.39 is 48.6 Å². The average molecular weight is 555 g/mol. The Kier molecular flexibility index (Phi) is 8.66. The lowest BCUT2D eigenvalue weighted by Crippen LogP contribution is -2.34. The lowest BCUT2D eigenvalue weighted by molar-refractivity contribution is 0.00706. The number of benzene rings is 1. The van der Waals surface area contributed by atoms with Crippen LogP contribution < -0.4 is 14.8 Å². The van der Waals surface area contributed by atoms with E-state index in [0.717, 1.165) is 12.1 Å². The molecule has 5 rings (SSSR count). The van der Waals surface area contributed by atoms with E-state index in [-0.39, 0.29) is 52.9 Å². The number of ether oxygens (including phenoxy) is 4. The van der Waals surface area contributed by atoms with Crippen molar-refractivity contribution in [2.75, 3.05) is 13.2 Å². The SMILES string of the molecule is CC.CC(C)NC(=O)c1cc(F)c(COc2nc3nc(O[C@@H]4COC5[C@H](O)CO[C@@H]54)[nH]c3cc2Cl)c(F)c1. The highest BCUT2D eigenvalue weighted by atomic mass is 35.5. The highest BCUT2D eigenvalue weighted by Gasteiger charge is 2.48. The van der Waals surface area contributed by atoms with Crippen LogP contribution in [0.2, 0.25) is 5.02 Å².